The Labute approximate surface area is 297 Å². The van der Waals surface area contributed by atoms with Crippen molar-refractivity contribution >= 4 is 34.6 Å². The van der Waals surface area contributed by atoms with E-state index in [1.54, 1.807) is 12.0 Å². The van der Waals surface area contributed by atoms with Crippen LogP contribution in [-0.2, 0) is 21.4 Å². The second kappa shape index (κ2) is 13.3. The van der Waals surface area contributed by atoms with Gasteiger partial charge in [-0.1, -0.05) is 77.2 Å². The number of likely N-dealkylation sites (tertiary alicyclic amines) is 2. The third-order valence-corrected chi connectivity index (χ3v) is 13.9. The Bertz CT molecular complexity index is 1650. The number of hydrogen-bond donors (Lipinski definition) is 1. The monoisotopic (exact) mass is 759 g/mol. The summed E-state index contributed by atoms with van der Waals surface area (Å²) in [6.07, 6.45) is 7.85. The Hall–Kier alpha value is -3.11. The van der Waals surface area contributed by atoms with Crippen LogP contribution in [0.15, 0.2) is 66.7 Å². The normalized spacial score (nSPS) is 26.3. The first-order valence-corrected chi connectivity index (χ1v) is 19.2. The summed E-state index contributed by atoms with van der Waals surface area (Å²) in [6, 6.07) is 23.4. The molecule has 3 aromatic carbocycles. The second-order valence-electron chi connectivity index (χ2n) is 14.6. The zero-order valence-corrected chi connectivity index (χ0v) is 30.0. The van der Waals surface area contributed by atoms with Crippen LogP contribution < -0.4 is 10.1 Å². The average molecular weight is 760 g/mol. The number of fused-ring (bicyclic) bond motifs is 7. The van der Waals surface area contributed by atoms with Crippen molar-refractivity contribution in [3.63, 3.8) is 0 Å². The Morgan fingerprint density at radius 1 is 0.958 bits per heavy atom. The first kappa shape index (κ1) is 32.1. The number of alkyl halides is 1. The molecule has 5 aliphatic rings. The third-order valence-electron chi connectivity index (χ3n) is 11.9. The highest BCUT2D eigenvalue weighted by Crippen LogP contribution is 2.52. The Kier molecular flexibility index (Phi) is 8.90. The van der Waals surface area contributed by atoms with Gasteiger partial charge in [0.25, 0.3) is 0 Å². The van der Waals surface area contributed by atoms with Crippen molar-refractivity contribution in [2.45, 2.75) is 78.7 Å². The molecule has 1 N–H and O–H groups in total. The maximum absolute atomic E-state index is 13.8. The summed E-state index contributed by atoms with van der Waals surface area (Å²) in [5.74, 6) is 1.71. The number of ether oxygens (including phenoxy) is 2. The number of rotatable bonds is 9. The van der Waals surface area contributed by atoms with Crippen LogP contribution in [0.4, 0.5) is 4.79 Å². The van der Waals surface area contributed by atoms with Crippen LogP contribution in [0, 0.1) is 5.92 Å². The number of carbonyl (C=O) groups excluding carboxylic acids is 2. The average Bonchev–Trinajstić information content (AvgIpc) is 3.89. The number of methoxy groups -OCH3 is 1. The quantitative estimate of drug-likeness (QED) is 0.187. The van der Waals surface area contributed by atoms with Gasteiger partial charge in [0.1, 0.15) is 18.4 Å². The molecule has 3 fully saturated rings. The molecule has 7 nitrogen and oxygen atoms in total. The molecule has 2 saturated heterocycles. The highest BCUT2D eigenvalue weighted by Gasteiger charge is 2.52. The maximum Gasteiger partial charge on any atom is 0.410 e. The highest BCUT2D eigenvalue weighted by atomic mass is 127. The first-order valence-electron chi connectivity index (χ1n) is 17.9. The van der Waals surface area contributed by atoms with Crippen LogP contribution in [0.25, 0.3) is 11.1 Å². The summed E-state index contributed by atoms with van der Waals surface area (Å²) in [5.41, 5.74) is 7.59. The van der Waals surface area contributed by atoms with E-state index in [1.165, 1.54) is 52.8 Å². The van der Waals surface area contributed by atoms with Gasteiger partial charge in [0.05, 0.1) is 7.11 Å². The fourth-order valence-corrected chi connectivity index (χ4v) is 10.8. The SMILES string of the molecule is COc1ccc2c(c1)[C@@]1(CCNC(=O)[C@@H]3CCCCN3C(=O)OCC3c4ccccc4-c4ccccc43)CCN(CC3CC3)[C@H](C2)[C@@H]1I. The molecular formula is C40H46IN3O4. The van der Waals surface area contributed by atoms with E-state index in [-0.39, 0.29) is 29.9 Å². The van der Waals surface area contributed by atoms with E-state index in [1.807, 2.05) is 12.1 Å². The number of benzene rings is 3. The molecule has 2 bridgehead atoms. The van der Waals surface area contributed by atoms with Crippen molar-refractivity contribution in [3.05, 3.63) is 89.0 Å². The van der Waals surface area contributed by atoms with Gasteiger partial charge >= 0.3 is 6.09 Å². The van der Waals surface area contributed by atoms with Gasteiger partial charge < -0.3 is 14.8 Å². The van der Waals surface area contributed by atoms with Crippen molar-refractivity contribution in [2.75, 3.05) is 39.9 Å². The largest absolute Gasteiger partial charge is 0.497 e. The molecule has 2 heterocycles. The van der Waals surface area contributed by atoms with Crippen LogP contribution >= 0.6 is 22.6 Å². The van der Waals surface area contributed by atoms with Gasteiger partial charge in [-0.25, -0.2) is 4.79 Å². The molecule has 2 amide bonds. The summed E-state index contributed by atoms with van der Waals surface area (Å²) < 4.78 is 12.2. The lowest BCUT2D eigenvalue weighted by molar-refractivity contribution is -0.127. The lowest BCUT2D eigenvalue weighted by atomic mass is 9.62. The molecule has 0 spiro atoms. The van der Waals surface area contributed by atoms with Crippen LogP contribution in [-0.4, -0.2) is 77.7 Å². The van der Waals surface area contributed by atoms with E-state index in [0.717, 1.165) is 50.3 Å². The Morgan fingerprint density at radius 3 is 2.44 bits per heavy atom. The standard InChI is InChI=1S/C40H46IN3O4/c1-47-28-16-15-27-22-36-37(41)40(34(27)23-28,18-21-43(36)24-26-13-14-26)17-19-42-38(45)35-12-6-7-20-44(35)39(46)48-25-33-31-10-4-2-8-29(31)30-9-3-5-11-32(30)33/h2-5,8-11,15-16,23,26,33,35-37H,6-7,12-14,17-22,24-25H2,1H3,(H,42,45)/t35-,36+,37-,40+/m0/s1. The lowest BCUT2D eigenvalue weighted by Crippen LogP contribution is -2.62. The maximum atomic E-state index is 13.8. The Morgan fingerprint density at radius 2 is 1.71 bits per heavy atom. The van der Waals surface area contributed by atoms with Gasteiger partial charge in [-0.15, -0.1) is 0 Å². The fourth-order valence-electron chi connectivity index (χ4n) is 9.15. The van der Waals surface area contributed by atoms with Crippen molar-refractivity contribution in [2.24, 2.45) is 5.92 Å². The molecule has 4 atom stereocenters. The molecular weight excluding hydrogens is 713 g/mol. The fraction of sp³-hybridized carbons (Fsp3) is 0.500. The van der Waals surface area contributed by atoms with Crippen molar-refractivity contribution in [3.8, 4) is 16.9 Å². The predicted molar refractivity (Wildman–Crippen MR) is 196 cm³/mol. The van der Waals surface area contributed by atoms with E-state index in [0.29, 0.717) is 29.5 Å². The zero-order chi connectivity index (χ0) is 32.8. The minimum atomic E-state index is -0.505. The molecule has 0 radical (unpaired) electrons. The predicted octanol–water partition coefficient (Wildman–Crippen LogP) is 7.09. The number of nitrogens with zero attached hydrogens (tertiary/aromatic N) is 2. The van der Waals surface area contributed by atoms with E-state index in [2.05, 4.69) is 87.4 Å². The lowest BCUT2D eigenvalue weighted by Gasteiger charge is -2.55. The van der Waals surface area contributed by atoms with Crippen molar-refractivity contribution in [1.29, 1.82) is 0 Å². The number of halogens is 1. The summed E-state index contributed by atoms with van der Waals surface area (Å²) in [4.78, 5) is 31.9. The molecule has 0 unspecified atom stereocenters. The zero-order valence-electron chi connectivity index (χ0n) is 27.8. The smallest absolute Gasteiger partial charge is 0.410 e. The first-order chi connectivity index (χ1) is 23.5. The molecule has 252 valence electrons. The number of amides is 2. The highest BCUT2D eigenvalue weighted by molar-refractivity contribution is 14.1. The number of hydrogen-bond acceptors (Lipinski definition) is 5. The third kappa shape index (κ3) is 5.80. The van der Waals surface area contributed by atoms with Crippen LogP contribution in [0.2, 0.25) is 0 Å². The van der Waals surface area contributed by atoms with Gasteiger partial charge in [0.15, 0.2) is 0 Å². The topological polar surface area (TPSA) is 71.1 Å². The molecule has 1 saturated carbocycles. The van der Waals surface area contributed by atoms with Crippen LogP contribution in [0.3, 0.4) is 0 Å². The van der Waals surface area contributed by atoms with Gasteiger partial charge in [0.2, 0.25) is 5.91 Å². The van der Waals surface area contributed by atoms with Crippen molar-refractivity contribution < 1.29 is 19.1 Å². The summed E-state index contributed by atoms with van der Waals surface area (Å²) in [7, 11) is 1.74. The molecule has 48 heavy (non-hydrogen) atoms. The van der Waals surface area contributed by atoms with Gasteiger partial charge in [-0.05, 0) is 109 Å². The van der Waals surface area contributed by atoms with Gasteiger partial charge in [-0.2, -0.15) is 0 Å². The number of nitrogens with one attached hydrogen (secondary N) is 1. The Balaban J connectivity index is 0.942. The molecule has 8 heteroatoms. The summed E-state index contributed by atoms with van der Waals surface area (Å²) >= 11 is 2.72. The van der Waals surface area contributed by atoms with Gasteiger partial charge in [-0.3, -0.25) is 14.6 Å². The van der Waals surface area contributed by atoms with E-state index >= 15 is 0 Å². The van der Waals surface area contributed by atoms with Crippen LogP contribution in [0.5, 0.6) is 5.75 Å². The van der Waals surface area contributed by atoms with Crippen LogP contribution in [0.1, 0.15) is 73.1 Å². The minimum Gasteiger partial charge on any atom is -0.497 e. The molecule has 8 rings (SSSR count). The second-order valence-corrected chi connectivity index (χ2v) is 15.9. The molecule has 0 aromatic heterocycles. The number of piperidine rings is 2. The van der Waals surface area contributed by atoms with Gasteiger partial charge in [0, 0.05) is 40.9 Å². The van der Waals surface area contributed by atoms with E-state index < -0.39 is 6.04 Å². The number of carbonyl (C=O) groups is 2. The molecule has 2 aliphatic heterocycles. The minimum absolute atomic E-state index is 0.00425. The molecule has 3 aliphatic carbocycles. The summed E-state index contributed by atoms with van der Waals surface area (Å²) in [5, 5.41) is 3.30. The van der Waals surface area contributed by atoms with E-state index in [4.69, 9.17) is 9.47 Å². The van der Waals surface area contributed by atoms with Crippen molar-refractivity contribution in [1.82, 2.24) is 15.1 Å². The van der Waals surface area contributed by atoms with E-state index in [9.17, 15) is 9.59 Å². The molecule has 3 aromatic rings. The summed E-state index contributed by atoms with van der Waals surface area (Å²) in [6.45, 7) is 3.71.